The van der Waals surface area contributed by atoms with Crippen molar-refractivity contribution in [2.24, 2.45) is 5.73 Å². The minimum absolute atomic E-state index is 0.194. The lowest BCUT2D eigenvalue weighted by atomic mass is 10.3. The molecule has 0 heterocycles. The van der Waals surface area contributed by atoms with E-state index in [1.165, 1.54) is 0 Å². The Morgan fingerprint density at radius 3 is 2.54 bits per heavy atom. The van der Waals surface area contributed by atoms with Crippen molar-refractivity contribution in [2.45, 2.75) is 12.8 Å². The molecule has 0 saturated carbocycles. The van der Waals surface area contributed by atoms with Gasteiger partial charge in [-0.25, -0.2) is 8.78 Å². The Labute approximate surface area is 77.8 Å². The molecule has 0 unspecified atom stereocenters. The number of ether oxygens (including phenoxy) is 1. The minimum Gasteiger partial charge on any atom is -0.385 e. The van der Waals surface area contributed by atoms with Gasteiger partial charge >= 0.3 is 0 Å². The summed E-state index contributed by atoms with van der Waals surface area (Å²) >= 11 is 0. The quantitative estimate of drug-likeness (QED) is 0.576. The average Bonchev–Trinajstić information content (AvgIpc) is 2.04. The number of nitrogens with zero attached hydrogens (tertiary/aromatic N) is 1. The van der Waals surface area contributed by atoms with Crippen molar-refractivity contribution in [3.63, 3.8) is 0 Å². The van der Waals surface area contributed by atoms with Crippen molar-refractivity contribution < 1.29 is 13.5 Å². The highest BCUT2D eigenvalue weighted by molar-refractivity contribution is 4.59. The smallest absolute Gasteiger partial charge is 0.251 e. The third kappa shape index (κ3) is 8.08. The summed E-state index contributed by atoms with van der Waals surface area (Å²) in [6.45, 7) is 1.97. The molecule has 0 radical (unpaired) electrons. The molecule has 0 amide bonds. The molecule has 0 aliphatic rings. The lowest BCUT2D eigenvalue weighted by molar-refractivity contribution is 0.0834. The molecule has 0 saturated heterocycles. The van der Waals surface area contributed by atoms with Gasteiger partial charge in [-0.15, -0.1) is 0 Å². The molecular weight excluding hydrogens is 178 g/mol. The van der Waals surface area contributed by atoms with Gasteiger partial charge in [0, 0.05) is 33.4 Å². The van der Waals surface area contributed by atoms with Crippen LogP contribution in [0.1, 0.15) is 6.42 Å². The van der Waals surface area contributed by atoms with Crippen molar-refractivity contribution in [2.75, 3.05) is 39.9 Å². The number of rotatable bonds is 8. The number of methoxy groups -OCH3 is 1. The summed E-state index contributed by atoms with van der Waals surface area (Å²) < 4.78 is 28.8. The van der Waals surface area contributed by atoms with Crippen LogP contribution < -0.4 is 5.73 Å². The average molecular weight is 196 g/mol. The molecule has 5 heteroatoms. The Kier molecular flexibility index (Phi) is 8.18. The van der Waals surface area contributed by atoms with Gasteiger partial charge in [-0.3, -0.25) is 4.90 Å². The van der Waals surface area contributed by atoms with Crippen LogP contribution in [0, 0.1) is 0 Å². The maximum Gasteiger partial charge on any atom is 0.251 e. The van der Waals surface area contributed by atoms with Gasteiger partial charge in [0.25, 0.3) is 6.43 Å². The molecule has 80 valence electrons. The zero-order valence-electron chi connectivity index (χ0n) is 8.01. The van der Waals surface area contributed by atoms with Gasteiger partial charge in [0.05, 0.1) is 6.54 Å². The standard InChI is InChI=1S/C8H18F2N2O/c1-13-6-2-4-12(5-3-11)7-8(9)10/h8H,2-7,11H2,1H3. The topological polar surface area (TPSA) is 38.5 Å². The van der Waals surface area contributed by atoms with Gasteiger partial charge in [-0.2, -0.15) is 0 Å². The third-order valence-corrected chi connectivity index (χ3v) is 1.66. The van der Waals surface area contributed by atoms with Crippen LogP contribution in [0.3, 0.4) is 0 Å². The van der Waals surface area contributed by atoms with E-state index in [1.54, 1.807) is 12.0 Å². The second-order valence-electron chi connectivity index (χ2n) is 2.83. The first kappa shape index (κ1) is 12.7. The normalized spacial score (nSPS) is 11.5. The van der Waals surface area contributed by atoms with Gasteiger partial charge in [-0.05, 0) is 6.42 Å². The molecule has 0 atom stereocenters. The molecule has 0 aromatic carbocycles. The van der Waals surface area contributed by atoms with E-state index < -0.39 is 6.43 Å². The zero-order chi connectivity index (χ0) is 10.1. The summed E-state index contributed by atoms with van der Waals surface area (Å²) in [6.07, 6.45) is -1.52. The van der Waals surface area contributed by atoms with Gasteiger partial charge < -0.3 is 10.5 Å². The van der Waals surface area contributed by atoms with E-state index in [1.807, 2.05) is 0 Å². The largest absolute Gasteiger partial charge is 0.385 e. The second kappa shape index (κ2) is 8.34. The van der Waals surface area contributed by atoms with Gasteiger partial charge in [0.15, 0.2) is 0 Å². The predicted molar refractivity (Wildman–Crippen MR) is 48.0 cm³/mol. The summed E-state index contributed by atoms with van der Waals surface area (Å²) in [5.74, 6) is 0. The highest BCUT2D eigenvalue weighted by Gasteiger charge is 2.10. The number of halogens is 2. The predicted octanol–water partition coefficient (Wildman–Crippen LogP) is 0.549. The maximum atomic E-state index is 12.0. The number of alkyl halides is 2. The minimum atomic E-state index is -2.28. The fraction of sp³-hybridized carbons (Fsp3) is 1.00. The van der Waals surface area contributed by atoms with Crippen LogP contribution in [0.4, 0.5) is 8.78 Å². The van der Waals surface area contributed by atoms with E-state index in [9.17, 15) is 8.78 Å². The van der Waals surface area contributed by atoms with Crippen molar-refractivity contribution in [3.05, 3.63) is 0 Å². The second-order valence-corrected chi connectivity index (χ2v) is 2.83. The molecule has 0 fully saturated rings. The molecule has 0 bridgehead atoms. The highest BCUT2D eigenvalue weighted by Crippen LogP contribution is 1.98. The van der Waals surface area contributed by atoms with Gasteiger partial charge in [0.1, 0.15) is 0 Å². The first-order valence-corrected chi connectivity index (χ1v) is 4.40. The summed E-state index contributed by atoms with van der Waals surface area (Å²) in [4.78, 5) is 1.66. The van der Waals surface area contributed by atoms with E-state index in [0.29, 0.717) is 26.2 Å². The first-order valence-electron chi connectivity index (χ1n) is 4.40. The van der Waals surface area contributed by atoms with Gasteiger partial charge in [0.2, 0.25) is 0 Å². The number of hydrogen-bond donors (Lipinski definition) is 1. The fourth-order valence-electron chi connectivity index (χ4n) is 1.10. The number of hydrogen-bond acceptors (Lipinski definition) is 3. The SMILES string of the molecule is COCCCN(CCN)CC(F)F. The molecule has 3 nitrogen and oxygen atoms in total. The van der Waals surface area contributed by atoms with Crippen molar-refractivity contribution >= 4 is 0 Å². The Morgan fingerprint density at radius 2 is 2.08 bits per heavy atom. The molecular formula is C8H18F2N2O. The van der Waals surface area contributed by atoms with Crippen LogP contribution in [-0.4, -0.2) is 51.2 Å². The molecule has 0 aromatic heterocycles. The van der Waals surface area contributed by atoms with Crippen LogP contribution in [0.15, 0.2) is 0 Å². The Morgan fingerprint density at radius 1 is 1.38 bits per heavy atom. The molecule has 0 aromatic rings. The lowest BCUT2D eigenvalue weighted by Gasteiger charge is -2.20. The van der Waals surface area contributed by atoms with Crippen molar-refractivity contribution in [1.82, 2.24) is 4.90 Å². The van der Waals surface area contributed by atoms with Gasteiger partial charge in [-0.1, -0.05) is 0 Å². The molecule has 0 rings (SSSR count). The summed E-state index contributed by atoms with van der Waals surface area (Å²) in [7, 11) is 1.60. The highest BCUT2D eigenvalue weighted by atomic mass is 19.3. The Hall–Kier alpha value is -0.260. The first-order chi connectivity index (χ1) is 6.20. The monoisotopic (exact) mass is 196 g/mol. The lowest BCUT2D eigenvalue weighted by Crippen LogP contribution is -2.34. The molecule has 13 heavy (non-hydrogen) atoms. The van der Waals surface area contributed by atoms with Crippen molar-refractivity contribution in [1.29, 1.82) is 0 Å². The van der Waals surface area contributed by atoms with Crippen LogP contribution in [0.2, 0.25) is 0 Å². The van der Waals surface area contributed by atoms with E-state index >= 15 is 0 Å². The molecule has 0 aliphatic heterocycles. The molecule has 0 spiro atoms. The molecule has 0 aliphatic carbocycles. The Bertz CT molecular complexity index is 114. The third-order valence-electron chi connectivity index (χ3n) is 1.66. The fourth-order valence-corrected chi connectivity index (χ4v) is 1.10. The summed E-state index contributed by atoms with van der Waals surface area (Å²) in [5, 5.41) is 0. The van der Waals surface area contributed by atoms with E-state index in [0.717, 1.165) is 6.42 Å². The van der Waals surface area contributed by atoms with E-state index in [2.05, 4.69) is 0 Å². The van der Waals surface area contributed by atoms with Crippen molar-refractivity contribution in [3.8, 4) is 0 Å². The summed E-state index contributed by atoms with van der Waals surface area (Å²) in [6, 6.07) is 0. The Balaban J connectivity index is 3.53. The van der Waals surface area contributed by atoms with Crippen LogP contribution in [0.25, 0.3) is 0 Å². The van der Waals surface area contributed by atoms with E-state index in [4.69, 9.17) is 10.5 Å². The van der Waals surface area contributed by atoms with Crippen LogP contribution in [0.5, 0.6) is 0 Å². The van der Waals surface area contributed by atoms with E-state index in [-0.39, 0.29) is 6.54 Å². The summed E-state index contributed by atoms with van der Waals surface area (Å²) in [5.41, 5.74) is 5.29. The van der Waals surface area contributed by atoms with Crippen LogP contribution >= 0.6 is 0 Å². The maximum absolute atomic E-state index is 12.0. The number of nitrogens with two attached hydrogens (primary N) is 1. The molecule has 2 N–H and O–H groups in total. The van der Waals surface area contributed by atoms with Crippen LogP contribution in [-0.2, 0) is 4.74 Å². The zero-order valence-corrected chi connectivity index (χ0v) is 8.01.